The number of hydrogen-bond donors (Lipinski definition) is 0. The number of ether oxygens (including phenoxy) is 1. The molecule has 134 valence electrons. The highest BCUT2D eigenvalue weighted by atomic mass is 32.2. The van der Waals surface area contributed by atoms with Crippen LogP contribution in [0, 0.1) is 0 Å². The topological polar surface area (TPSA) is 97.1 Å². The van der Waals surface area contributed by atoms with Crippen LogP contribution in [-0.4, -0.2) is 58.8 Å². The number of methoxy groups -OCH3 is 1. The van der Waals surface area contributed by atoms with Gasteiger partial charge in [-0.1, -0.05) is 23.9 Å². The summed E-state index contributed by atoms with van der Waals surface area (Å²) in [6.45, 7) is 0.429. The lowest BCUT2D eigenvalue weighted by Crippen LogP contribution is -2.62. The van der Waals surface area contributed by atoms with E-state index in [1.807, 2.05) is 0 Å². The number of para-hydroxylation sites is 1. The van der Waals surface area contributed by atoms with Crippen LogP contribution in [0.25, 0.3) is 11.0 Å². The first-order valence-electron chi connectivity index (χ1n) is 7.88. The van der Waals surface area contributed by atoms with Gasteiger partial charge in [0, 0.05) is 18.5 Å². The molecule has 0 unspecified atom stereocenters. The van der Waals surface area contributed by atoms with Crippen molar-refractivity contribution in [2.24, 2.45) is 0 Å². The molecule has 26 heavy (non-hydrogen) atoms. The standard InChI is InChI=1S/C17H14N2O6S/c1-24-12-4-2-3-9-5-11(16(22)25-14(9)12)15(21)18-6-10(7-18)19-13(20)8-26-17(19)23/h2-5,10H,6-8H2,1H3. The summed E-state index contributed by atoms with van der Waals surface area (Å²) in [6, 6.07) is 6.25. The van der Waals surface area contributed by atoms with Gasteiger partial charge in [-0.15, -0.1) is 0 Å². The molecule has 2 saturated heterocycles. The van der Waals surface area contributed by atoms with E-state index in [0.29, 0.717) is 11.1 Å². The Morgan fingerprint density at radius 3 is 2.69 bits per heavy atom. The average molecular weight is 374 g/mol. The van der Waals surface area contributed by atoms with Crippen molar-refractivity contribution in [3.63, 3.8) is 0 Å². The van der Waals surface area contributed by atoms with Gasteiger partial charge < -0.3 is 14.1 Å². The third-order valence-corrected chi connectivity index (χ3v) is 5.31. The van der Waals surface area contributed by atoms with Gasteiger partial charge in [0.05, 0.1) is 18.9 Å². The zero-order valence-electron chi connectivity index (χ0n) is 13.8. The van der Waals surface area contributed by atoms with Gasteiger partial charge in [-0.2, -0.15) is 0 Å². The quantitative estimate of drug-likeness (QED) is 0.748. The highest BCUT2D eigenvalue weighted by Crippen LogP contribution is 2.28. The van der Waals surface area contributed by atoms with E-state index in [4.69, 9.17) is 9.15 Å². The Morgan fingerprint density at radius 2 is 2.04 bits per heavy atom. The number of thioether (sulfide) groups is 1. The van der Waals surface area contributed by atoms with Crippen LogP contribution in [0.15, 0.2) is 33.5 Å². The molecule has 0 saturated carbocycles. The first-order chi connectivity index (χ1) is 12.5. The minimum absolute atomic E-state index is 0.0855. The number of benzene rings is 1. The molecule has 1 aromatic heterocycles. The molecular weight excluding hydrogens is 360 g/mol. The van der Waals surface area contributed by atoms with E-state index in [2.05, 4.69) is 0 Å². The summed E-state index contributed by atoms with van der Waals surface area (Å²) in [5.41, 5.74) is -0.555. The van der Waals surface area contributed by atoms with Crippen molar-refractivity contribution in [3.8, 4) is 5.75 Å². The predicted octanol–water partition coefficient (Wildman–Crippen LogP) is 1.32. The van der Waals surface area contributed by atoms with Crippen LogP contribution in [-0.2, 0) is 4.79 Å². The smallest absolute Gasteiger partial charge is 0.349 e. The molecule has 0 radical (unpaired) electrons. The first-order valence-corrected chi connectivity index (χ1v) is 8.87. The maximum Gasteiger partial charge on any atom is 0.349 e. The average Bonchev–Trinajstić information content (AvgIpc) is 2.91. The van der Waals surface area contributed by atoms with E-state index in [9.17, 15) is 19.2 Å². The number of carbonyl (C=O) groups excluding carboxylic acids is 3. The Kier molecular flexibility index (Phi) is 3.95. The van der Waals surface area contributed by atoms with Crippen LogP contribution in [0.4, 0.5) is 4.79 Å². The zero-order chi connectivity index (χ0) is 18.4. The summed E-state index contributed by atoms with van der Waals surface area (Å²) in [4.78, 5) is 50.9. The van der Waals surface area contributed by atoms with Crippen molar-refractivity contribution in [1.29, 1.82) is 0 Å². The normalized spacial score (nSPS) is 17.7. The minimum atomic E-state index is -0.751. The van der Waals surface area contributed by atoms with Crippen LogP contribution in [0.1, 0.15) is 10.4 Å². The third kappa shape index (κ3) is 2.55. The molecule has 0 bridgehead atoms. The van der Waals surface area contributed by atoms with E-state index < -0.39 is 11.5 Å². The molecule has 3 heterocycles. The molecule has 2 aliphatic heterocycles. The van der Waals surface area contributed by atoms with Crippen LogP contribution in [0.3, 0.4) is 0 Å². The van der Waals surface area contributed by atoms with Crippen LogP contribution in [0.2, 0.25) is 0 Å². The maximum atomic E-state index is 12.6. The molecule has 8 nitrogen and oxygen atoms in total. The van der Waals surface area contributed by atoms with Crippen molar-refractivity contribution in [2.45, 2.75) is 6.04 Å². The molecule has 1 aromatic carbocycles. The molecule has 0 aliphatic carbocycles. The summed E-state index contributed by atoms with van der Waals surface area (Å²) in [6.07, 6.45) is 0. The van der Waals surface area contributed by atoms with Gasteiger partial charge in [-0.3, -0.25) is 19.3 Å². The number of carbonyl (C=O) groups is 3. The SMILES string of the molecule is COc1cccc2cc(C(=O)N3CC(N4C(=O)CSC4=O)C3)c(=O)oc12. The lowest BCUT2D eigenvalue weighted by molar-refractivity contribution is -0.128. The molecule has 2 aromatic rings. The molecule has 2 aliphatic rings. The Balaban J connectivity index is 1.56. The van der Waals surface area contributed by atoms with E-state index in [1.165, 1.54) is 23.0 Å². The van der Waals surface area contributed by atoms with Gasteiger partial charge in [0.25, 0.3) is 11.1 Å². The van der Waals surface area contributed by atoms with E-state index in [-0.39, 0.29) is 47.2 Å². The van der Waals surface area contributed by atoms with E-state index >= 15 is 0 Å². The molecule has 0 N–H and O–H groups in total. The molecule has 3 amide bonds. The Labute approximate surface area is 151 Å². The number of likely N-dealkylation sites (tertiary alicyclic amines) is 1. The minimum Gasteiger partial charge on any atom is -0.493 e. The molecule has 4 rings (SSSR count). The number of fused-ring (bicyclic) bond motifs is 1. The fraction of sp³-hybridized carbons (Fsp3) is 0.294. The molecule has 0 spiro atoms. The lowest BCUT2D eigenvalue weighted by atomic mass is 10.1. The molecule has 2 fully saturated rings. The van der Waals surface area contributed by atoms with Crippen molar-refractivity contribution in [1.82, 2.24) is 9.80 Å². The highest BCUT2D eigenvalue weighted by Gasteiger charge is 2.43. The molecule has 0 atom stereocenters. The zero-order valence-corrected chi connectivity index (χ0v) is 14.6. The second-order valence-electron chi connectivity index (χ2n) is 6.01. The highest BCUT2D eigenvalue weighted by molar-refractivity contribution is 8.14. The number of amides is 3. The Morgan fingerprint density at radius 1 is 1.27 bits per heavy atom. The predicted molar refractivity (Wildman–Crippen MR) is 93.4 cm³/mol. The van der Waals surface area contributed by atoms with E-state index in [1.54, 1.807) is 18.2 Å². The monoisotopic (exact) mass is 374 g/mol. The van der Waals surface area contributed by atoms with Gasteiger partial charge in [-0.25, -0.2) is 4.79 Å². The van der Waals surface area contributed by atoms with Gasteiger partial charge >= 0.3 is 5.63 Å². The molecule has 9 heteroatoms. The summed E-state index contributed by atoms with van der Waals surface area (Å²) >= 11 is 0.962. The summed E-state index contributed by atoms with van der Waals surface area (Å²) < 4.78 is 10.4. The number of imide groups is 1. The van der Waals surface area contributed by atoms with Crippen molar-refractivity contribution in [3.05, 3.63) is 40.2 Å². The number of hydrogen-bond acceptors (Lipinski definition) is 7. The third-order valence-electron chi connectivity index (χ3n) is 4.47. The van der Waals surface area contributed by atoms with Gasteiger partial charge in [0.2, 0.25) is 5.91 Å². The maximum absolute atomic E-state index is 12.6. The summed E-state index contributed by atoms with van der Waals surface area (Å²) in [5, 5.41) is 0.287. The van der Waals surface area contributed by atoms with Crippen molar-refractivity contribution >= 4 is 39.8 Å². The van der Waals surface area contributed by atoms with E-state index in [0.717, 1.165) is 11.8 Å². The second kappa shape index (κ2) is 6.17. The Bertz CT molecular complexity index is 978. The largest absolute Gasteiger partial charge is 0.493 e. The van der Waals surface area contributed by atoms with Crippen LogP contribution in [0.5, 0.6) is 5.75 Å². The Hall–Kier alpha value is -2.81. The summed E-state index contributed by atoms with van der Waals surface area (Å²) in [7, 11) is 1.47. The first kappa shape index (κ1) is 16.6. The fourth-order valence-electron chi connectivity index (χ4n) is 3.10. The number of rotatable bonds is 3. The lowest BCUT2D eigenvalue weighted by Gasteiger charge is -2.42. The van der Waals surface area contributed by atoms with Crippen LogP contribution < -0.4 is 10.4 Å². The number of nitrogens with zero attached hydrogens (tertiary/aromatic N) is 2. The second-order valence-corrected chi connectivity index (χ2v) is 6.94. The molecular formula is C17H14N2O6S. The van der Waals surface area contributed by atoms with Crippen molar-refractivity contribution < 1.29 is 23.5 Å². The van der Waals surface area contributed by atoms with Crippen molar-refractivity contribution in [2.75, 3.05) is 26.0 Å². The van der Waals surface area contributed by atoms with Gasteiger partial charge in [0.1, 0.15) is 5.56 Å². The fourth-order valence-corrected chi connectivity index (χ4v) is 3.88. The van der Waals surface area contributed by atoms with Crippen LogP contribution >= 0.6 is 11.8 Å². The van der Waals surface area contributed by atoms with Gasteiger partial charge in [-0.05, 0) is 12.1 Å². The summed E-state index contributed by atoms with van der Waals surface area (Å²) in [5.74, 6) is -0.175. The van der Waals surface area contributed by atoms with Gasteiger partial charge in [0.15, 0.2) is 11.3 Å².